The topological polar surface area (TPSA) is 20.2 Å². The minimum Gasteiger partial charge on any atom is -0.385 e. The fourth-order valence-corrected chi connectivity index (χ4v) is 1.20. The highest BCUT2D eigenvalue weighted by atomic mass is 16.3. The first-order chi connectivity index (χ1) is 5.83. The molecule has 1 aromatic rings. The molecule has 0 atom stereocenters. The number of aryl methyl sites for hydroxylation is 1. The number of aliphatic hydroxyl groups is 1. The van der Waals surface area contributed by atoms with Gasteiger partial charge in [0.25, 0.3) is 0 Å². The summed E-state index contributed by atoms with van der Waals surface area (Å²) in [4.78, 5) is 0. The first-order valence-corrected chi connectivity index (χ1v) is 3.89. The molecular formula is C11H11O. The monoisotopic (exact) mass is 159 g/mol. The molecule has 0 bridgehead atoms. The van der Waals surface area contributed by atoms with Gasteiger partial charge in [0.15, 0.2) is 0 Å². The van der Waals surface area contributed by atoms with E-state index in [4.69, 9.17) is 11.5 Å². The van der Waals surface area contributed by atoms with E-state index in [0.29, 0.717) is 0 Å². The molecule has 0 aromatic heterocycles. The van der Waals surface area contributed by atoms with Gasteiger partial charge in [0.1, 0.15) is 6.61 Å². The summed E-state index contributed by atoms with van der Waals surface area (Å²) < 4.78 is 0. The van der Waals surface area contributed by atoms with Gasteiger partial charge in [-0.3, -0.25) is 0 Å². The minimum atomic E-state index is 0.719. The molecule has 1 aromatic carbocycles. The van der Waals surface area contributed by atoms with Gasteiger partial charge >= 0.3 is 0 Å². The van der Waals surface area contributed by atoms with E-state index in [9.17, 15) is 0 Å². The van der Waals surface area contributed by atoms with Crippen LogP contribution in [-0.2, 0) is 6.42 Å². The second kappa shape index (κ2) is 3.94. The van der Waals surface area contributed by atoms with E-state index >= 15 is 0 Å². The molecule has 1 N–H and O–H groups in total. The van der Waals surface area contributed by atoms with Crippen LogP contribution < -0.4 is 0 Å². The Labute approximate surface area is 73.0 Å². The number of terminal acetylenes is 1. The highest BCUT2D eigenvalue weighted by molar-refractivity contribution is 5.48. The summed E-state index contributed by atoms with van der Waals surface area (Å²) in [5.41, 5.74) is 2.61. The van der Waals surface area contributed by atoms with Crippen LogP contribution in [-0.4, -0.2) is 5.11 Å². The fraction of sp³-hybridized carbons (Fsp3) is 0.182. The Bertz CT molecular complexity index is 285. The van der Waals surface area contributed by atoms with Crippen molar-refractivity contribution in [1.82, 2.24) is 0 Å². The van der Waals surface area contributed by atoms with Crippen LogP contribution in [0.2, 0.25) is 0 Å². The molecule has 0 saturated heterocycles. The van der Waals surface area contributed by atoms with Crippen LogP contribution in [0.25, 0.3) is 0 Å². The zero-order valence-corrected chi connectivity index (χ0v) is 7.04. The van der Waals surface area contributed by atoms with Gasteiger partial charge in [0.05, 0.1) is 0 Å². The Morgan fingerprint density at radius 1 is 1.58 bits per heavy atom. The number of rotatable bonds is 2. The van der Waals surface area contributed by atoms with Crippen LogP contribution in [0.15, 0.2) is 18.2 Å². The van der Waals surface area contributed by atoms with Gasteiger partial charge < -0.3 is 5.11 Å². The minimum absolute atomic E-state index is 0.719. The summed E-state index contributed by atoms with van der Waals surface area (Å²) in [6, 6.07) is 5.66. The predicted molar refractivity (Wildman–Crippen MR) is 49.1 cm³/mol. The highest BCUT2D eigenvalue weighted by Crippen LogP contribution is 2.14. The molecule has 0 fully saturated rings. The average Bonchev–Trinajstić information content (AvgIpc) is 2.16. The van der Waals surface area contributed by atoms with Crippen LogP contribution >= 0.6 is 0 Å². The van der Waals surface area contributed by atoms with Gasteiger partial charge in [-0.1, -0.05) is 31.0 Å². The van der Waals surface area contributed by atoms with E-state index in [1.807, 2.05) is 19.1 Å². The lowest BCUT2D eigenvalue weighted by molar-refractivity contribution is 0.414. The Balaban J connectivity index is 3.25. The SMILES string of the molecule is C#Cc1c([CH]O)cccc1CC. The summed E-state index contributed by atoms with van der Waals surface area (Å²) >= 11 is 0. The van der Waals surface area contributed by atoms with Crippen molar-refractivity contribution in [3.8, 4) is 12.3 Å². The Hall–Kier alpha value is -1.26. The lowest BCUT2D eigenvalue weighted by Crippen LogP contribution is -1.93. The normalized spacial score (nSPS) is 9.42. The summed E-state index contributed by atoms with van der Waals surface area (Å²) in [6.07, 6.45) is 6.21. The molecule has 0 aliphatic carbocycles. The van der Waals surface area contributed by atoms with Crippen molar-refractivity contribution in [3.05, 3.63) is 41.5 Å². The van der Waals surface area contributed by atoms with Crippen molar-refractivity contribution in [1.29, 1.82) is 0 Å². The van der Waals surface area contributed by atoms with E-state index in [-0.39, 0.29) is 0 Å². The molecule has 0 heterocycles. The van der Waals surface area contributed by atoms with Crippen molar-refractivity contribution >= 4 is 0 Å². The molecule has 0 aliphatic rings. The maximum atomic E-state index is 8.85. The molecule has 1 heteroatoms. The van der Waals surface area contributed by atoms with Gasteiger partial charge in [-0.15, -0.1) is 6.42 Å². The van der Waals surface area contributed by atoms with Gasteiger partial charge in [0.2, 0.25) is 0 Å². The second-order valence-electron chi connectivity index (χ2n) is 2.51. The van der Waals surface area contributed by atoms with Crippen LogP contribution in [0.3, 0.4) is 0 Å². The highest BCUT2D eigenvalue weighted by Gasteiger charge is 2.02. The predicted octanol–water partition coefficient (Wildman–Crippen LogP) is 2.11. The van der Waals surface area contributed by atoms with Crippen LogP contribution in [0.1, 0.15) is 23.6 Å². The second-order valence-corrected chi connectivity index (χ2v) is 2.51. The zero-order valence-electron chi connectivity index (χ0n) is 7.04. The molecule has 61 valence electrons. The van der Waals surface area contributed by atoms with E-state index in [2.05, 4.69) is 5.92 Å². The summed E-state index contributed by atoms with van der Waals surface area (Å²) in [7, 11) is 0. The van der Waals surface area contributed by atoms with Crippen molar-refractivity contribution in [2.75, 3.05) is 0 Å². The molecular weight excluding hydrogens is 148 g/mol. The third-order valence-electron chi connectivity index (χ3n) is 1.85. The molecule has 1 radical (unpaired) electrons. The van der Waals surface area contributed by atoms with Crippen molar-refractivity contribution in [2.24, 2.45) is 0 Å². The quantitative estimate of drug-likeness (QED) is 0.655. The molecule has 1 rings (SSSR count). The number of hydrogen-bond donors (Lipinski definition) is 1. The number of aliphatic hydroxyl groups excluding tert-OH is 1. The van der Waals surface area contributed by atoms with Crippen LogP contribution in [0, 0.1) is 19.0 Å². The Kier molecular flexibility index (Phi) is 2.90. The molecule has 0 spiro atoms. The number of hydrogen-bond acceptors (Lipinski definition) is 1. The number of benzene rings is 1. The third-order valence-corrected chi connectivity index (χ3v) is 1.85. The summed E-state index contributed by atoms with van der Waals surface area (Å²) in [5.74, 6) is 2.57. The molecule has 0 saturated carbocycles. The van der Waals surface area contributed by atoms with Gasteiger partial charge in [-0.05, 0) is 17.5 Å². The third kappa shape index (κ3) is 1.49. The molecule has 0 unspecified atom stereocenters. The van der Waals surface area contributed by atoms with Gasteiger partial charge in [-0.2, -0.15) is 0 Å². The van der Waals surface area contributed by atoms with E-state index in [1.54, 1.807) is 6.07 Å². The maximum absolute atomic E-state index is 8.85. The van der Waals surface area contributed by atoms with Gasteiger partial charge in [0, 0.05) is 5.56 Å². The van der Waals surface area contributed by atoms with Crippen molar-refractivity contribution in [2.45, 2.75) is 13.3 Å². The average molecular weight is 159 g/mol. The Morgan fingerprint density at radius 3 is 2.83 bits per heavy atom. The lowest BCUT2D eigenvalue weighted by atomic mass is 10.0. The fourth-order valence-electron chi connectivity index (χ4n) is 1.20. The van der Waals surface area contributed by atoms with Crippen molar-refractivity contribution < 1.29 is 5.11 Å². The molecule has 1 nitrogen and oxygen atoms in total. The molecule has 0 amide bonds. The summed E-state index contributed by atoms with van der Waals surface area (Å²) in [5, 5.41) is 8.85. The molecule has 0 aliphatic heterocycles. The van der Waals surface area contributed by atoms with Crippen molar-refractivity contribution in [3.63, 3.8) is 0 Å². The van der Waals surface area contributed by atoms with E-state index < -0.39 is 0 Å². The first-order valence-electron chi connectivity index (χ1n) is 3.89. The Morgan fingerprint density at radius 2 is 2.33 bits per heavy atom. The van der Waals surface area contributed by atoms with Crippen LogP contribution in [0.4, 0.5) is 0 Å². The molecule has 12 heavy (non-hydrogen) atoms. The maximum Gasteiger partial charge on any atom is 0.110 e. The van der Waals surface area contributed by atoms with Crippen LogP contribution in [0.5, 0.6) is 0 Å². The van der Waals surface area contributed by atoms with Gasteiger partial charge in [-0.25, -0.2) is 0 Å². The largest absolute Gasteiger partial charge is 0.385 e. The first kappa shape index (κ1) is 8.83. The van der Waals surface area contributed by atoms with E-state index in [0.717, 1.165) is 29.7 Å². The van der Waals surface area contributed by atoms with E-state index in [1.165, 1.54) is 0 Å². The zero-order chi connectivity index (χ0) is 8.97. The standard InChI is InChI=1S/C11H11O/c1-3-9-6-5-7-10(8-12)11(9)4-2/h2,5-8,12H,3H2,1H3. The summed E-state index contributed by atoms with van der Waals surface area (Å²) in [6.45, 7) is 3.09. The smallest absolute Gasteiger partial charge is 0.110 e. The lowest BCUT2D eigenvalue weighted by Gasteiger charge is -2.05.